The van der Waals surface area contributed by atoms with E-state index in [4.69, 9.17) is 25.7 Å². The number of nitriles is 2. The quantitative estimate of drug-likeness (QED) is 0.435. The lowest BCUT2D eigenvalue weighted by Crippen LogP contribution is -2.36. The third kappa shape index (κ3) is 5.64. The van der Waals surface area contributed by atoms with Crippen molar-refractivity contribution in [2.45, 2.75) is 0 Å². The Morgan fingerprint density at radius 3 is 1.75 bits per heavy atom. The van der Waals surface area contributed by atoms with E-state index in [1.54, 1.807) is 12.1 Å². The molecular formula is C22H24N6O4. The topological polar surface area (TPSA) is 142 Å². The minimum absolute atomic E-state index is 0.0898. The van der Waals surface area contributed by atoms with Crippen LogP contribution in [-0.4, -0.2) is 57.5 Å². The Morgan fingerprint density at radius 2 is 1.31 bits per heavy atom. The zero-order valence-electron chi connectivity index (χ0n) is 17.6. The highest BCUT2D eigenvalue weighted by Gasteiger charge is 2.18. The van der Waals surface area contributed by atoms with E-state index in [9.17, 15) is 10.1 Å². The van der Waals surface area contributed by atoms with Crippen LogP contribution in [0.5, 0.6) is 0 Å². The smallest absolute Gasteiger partial charge is 0.289 e. The average molecular weight is 436 g/mol. The number of rotatable bonds is 3. The van der Waals surface area contributed by atoms with Crippen molar-refractivity contribution in [3.8, 4) is 12.1 Å². The molecule has 0 atom stereocenters. The van der Waals surface area contributed by atoms with E-state index in [0.717, 1.165) is 37.7 Å². The minimum Gasteiger partial charge on any atom is -0.398 e. The molecule has 0 aromatic heterocycles. The van der Waals surface area contributed by atoms with Crippen molar-refractivity contribution in [2.75, 3.05) is 68.1 Å². The lowest BCUT2D eigenvalue weighted by atomic mass is 10.1. The third-order valence-electron chi connectivity index (χ3n) is 5.21. The number of benzene rings is 2. The number of nitro benzene ring substituents is 1. The van der Waals surface area contributed by atoms with E-state index < -0.39 is 4.92 Å². The highest BCUT2D eigenvalue weighted by atomic mass is 16.6. The van der Waals surface area contributed by atoms with E-state index in [0.29, 0.717) is 37.6 Å². The molecule has 0 bridgehead atoms. The van der Waals surface area contributed by atoms with Crippen LogP contribution in [0.4, 0.5) is 22.7 Å². The van der Waals surface area contributed by atoms with Gasteiger partial charge in [0.05, 0.1) is 42.6 Å². The summed E-state index contributed by atoms with van der Waals surface area (Å²) < 4.78 is 10.5. The fourth-order valence-electron chi connectivity index (χ4n) is 3.45. The minimum atomic E-state index is -0.525. The summed E-state index contributed by atoms with van der Waals surface area (Å²) in [5, 5.41) is 28.4. The molecule has 2 fully saturated rings. The number of hydrogen-bond acceptors (Lipinski definition) is 9. The van der Waals surface area contributed by atoms with Crippen molar-refractivity contribution in [1.29, 1.82) is 10.5 Å². The van der Waals surface area contributed by atoms with Gasteiger partial charge in [-0.15, -0.1) is 0 Å². The normalized spacial score (nSPS) is 15.7. The molecule has 2 aromatic rings. The van der Waals surface area contributed by atoms with Crippen LogP contribution in [0.1, 0.15) is 11.1 Å². The maximum Gasteiger partial charge on any atom is 0.289 e. The Kier molecular flexibility index (Phi) is 7.81. The van der Waals surface area contributed by atoms with Gasteiger partial charge in [-0.05, 0) is 30.3 Å². The Balaban J connectivity index is 0.000000182. The van der Waals surface area contributed by atoms with Gasteiger partial charge < -0.3 is 25.0 Å². The van der Waals surface area contributed by atoms with Crippen LogP contribution in [-0.2, 0) is 9.47 Å². The second kappa shape index (κ2) is 11.0. The van der Waals surface area contributed by atoms with Crippen LogP contribution in [0.25, 0.3) is 0 Å². The highest BCUT2D eigenvalue weighted by Crippen LogP contribution is 2.25. The maximum atomic E-state index is 10.8. The van der Waals surface area contributed by atoms with Crippen molar-refractivity contribution >= 4 is 22.7 Å². The van der Waals surface area contributed by atoms with Gasteiger partial charge in [-0.25, -0.2) is 0 Å². The molecule has 0 spiro atoms. The first kappa shape index (κ1) is 22.8. The van der Waals surface area contributed by atoms with Crippen LogP contribution >= 0.6 is 0 Å². The lowest BCUT2D eigenvalue weighted by Gasteiger charge is -2.29. The number of nitrogens with zero attached hydrogens (tertiary/aromatic N) is 5. The second-order valence-electron chi connectivity index (χ2n) is 7.15. The molecule has 0 saturated carbocycles. The summed E-state index contributed by atoms with van der Waals surface area (Å²) in [5.74, 6) is 0. The molecule has 32 heavy (non-hydrogen) atoms. The molecule has 10 nitrogen and oxygen atoms in total. The van der Waals surface area contributed by atoms with Crippen molar-refractivity contribution in [2.24, 2.45) is 0 Å². The third-order valence-corrected chi connectivity index (χ3v) is 5.21. The van der Waals surface area contributed by atoms with Gasteiger partial charge in [0.25, 0.3) is 5.69 Å². The number of ether oxygens (including phenoxy) is 2. The fourth-order valence-corrected chi connectivity index (χ4v) is 3.45. The molecule has 0 aliphatic carbocycles. The van der Waals surface area contributed by atoms with Crippen LogP contribution in [0.2, 0.25) is 0 Å². The number of nitro groups is 1. The van der Waals surface area contributed by atoms with Crippen LogP contribution in [0.15, 0.2) is 36.4 Å². The molecule has 2 aliphatic rings. The molecule has 0 unspecified atom stereocenters. The summed E-state index contributed by atoms with van der Waals surface area (Å²) in [6, 6.07) is 14.1. The first-order chi connectivity index (χ1) is 15.5. The van der Waals surface area contributed by atoms with Crippen LogP contribution < -0.4 is 15.5 Å². The summed E-state index contributed by atoms with van der Waals surface area (Å²) in [4.78, 5) is 14.5. The largest absolute Gasteiger partial charge is 0.398 e. The molecule has 166 valence electrons. The molecule has 2 aliphatic heterocycles. The molecule has 2 aromatic carbocycles. The Bertz CT molecular complexity index is 1030. The van der Waals surface area contributed by atoms with Crippen LogP contribution in [0, 0.1) is 32.8 Å². The molecule has 0 radical (unpaired) electrons. The van der Waals surface area contributed by atoms with Gasteiger partial charge in [0.2, 0.25) is 0 Å². The zero-order valence-corrected chi connectivity index (χ0v) is 17.6. The number of anilines is 3. The lowest BCUT2D eigenvalue weighted by molar-refractivity contribution is -0.385. The molecule has 0 amide bonds. The zero-order chi connectivity index (χ0) is 22.9. The van der Waals surface area contributed by atoms with Crippen molar-refractivity contribution in [3.63, 3.8) is 0 Å². The highest BCUT2D eigenvalue weighted by molar-refractivity contribution is 5.64. The van der Waals surface area contributed by atoms with Crippen LogP contribution in [0.3, 0.4) is 0 Å². The van der Waals surface area contributed by atoms with E-state index in [1.165, 1.54) is 12.1 Å². The second-order valence-corrected chi connectivity index (χ2v) is 7.15. The van der Waals surface area contributed by atoms with E-state index >= 15 is 0 Å². The Hall–Kier alpha value is -3.86. The van der Waals surface area contributed by atoms with Gasteiger partial charge in [-0.2, -0.15) is 10.5 Å². The summed E-state index contributed by atoms with van der Waals surface area (Å²) >= 11 is 0. The molecular weight excluding hydrogens is 412 g/mol. The Morgan fingerprint density at radius 1 is 0.844 bits per heavy atom. The first-order valence-corrected chi connectivity index (χ1v) is 10.2. The fraction of sp³-hybridized carbons (Fsp3) is 0.364. The van der Waals surface area contributed by atoms with Crippen molar-refractivity contribution in [3.05, 3.63) is 57.6 Å². The summed E-state index contributed by atoms with van der Waals surface area (Å²) in [5.41, 5.74) is 8.61. The maximum absolute atomic E-state index is 10.8. The molecule has 10 heteroatoms. The van der Waals surface area contributed by atoms with Gasteiger partial charge >= 0.3 is 0 Å². The summed E-state index contributed by atoms with van der Waals surface area (Å²) in [7, 11) is 0. The number of nitrogen functional groups attached to an aromatic ring is 1. The average Bonchev–Trinajstić information content (AvgIpc) is 2.85. The molecule has 2 N–H and O–H groups in total. The first-order valence-electron chi connectivity index (χ1n) is 10.2. The van der Waals surface area contributed by atoms with Gasteiger partial charge in [0.1, 0.15) is 17.7 Å². The standard InChI is InChI=1S/C11H11N3O3.C11H13N3O/c12-8-9-1-2-10(7-11(9)14(15)16)13-3-5-17-6-4-13;12-8-9-1-2-10(7-11(9)13)14-3-5-15-6-4-14/h1-2,7H,3-6H2;1-2,7H,3-6,13H2. The van der Waals surface area contributed by atoms with Gasteiger partial charge in [-0.3, -0.25) is 10.1 Å². The van der Waals surface area contributed by atoms with Gasteiger partial charge in [0, 0.05) is 43.6 Å². The predicted octanol–water partition coefficient (Wildman–Crippen LogP) is 2.28. The van der Waals surface area contributed by atoms with E-state index in [-0.39, 0.29) is 11.3 Å². The number of morpholine rings is 2. The van der Waals surface area contributed by atoms with Gasteiger partial charge in [-0.1, -0.05) is 0 Å². The van der Waals surface area contributed by atoms with Crippen molar-refractivity contribution < 1.29 is 14.4 Å². The van der Waals surface area contributed by atoms with Crippen molar-refractivity contribution in [1.82, 2.24) is 0 Å². The summed E-state index contributed by atoms with van der Waals surface area (Å²) in [6.45, 7) is 5.92. The summed E-state index contributed by atoms with van der Waals surface area (Å²) in [6.07, 6.45) is 0. The SMILES string of the molecule is N#Cc1ccc(N2CCOCC2)cc1N.N#Cc1ccc(N2CCOCC2)cc1[N+](=O)[O-]. The monoisotopic (exact) mass is 436 g/mol. The molecule has 2 saturated heterocycles. The predicted molar refractivity (Wildman–Crippen MR) is 119 cm³/mol. The number of hydrogen-bond donors (Lipinski definition) is 1. The van der Waals surface area contributed by atoms with E-state index in [2.05, 4.69) is 11.0 Å². The van der Waals surface area contributed by atoms with Gasteiger partial charge in [0.15, 0.2) is 0 Å². The number of nitrogens with two attached hydrogens (primary N) is 1. The molecule has 2 heterocycles. The molecule has 4 rings (SSSR count). The van der Waals surface area contributed by atoms with E-state index in [1.807, 2.05) is 23.1 Å². The Labute approximate surface area is 186 Å².